The Bertz CT molecular complexity index is 1560. The van der Waals surface area contributed by atoms with Gasteiger partial charge in [-0.1, -0.05) is 19.3 Å². The summed E-state index contributed by atoms with van der Waals surface area (Å²) in [6.07, 6.45) is 4.32. The van der Waals surface area contributed by atoms with Crippen LogP contribution in [0, 0.1) is 0 Å². The van der Waals surface area contributed by atoms with Gasteiger partial charge in [0.25, 0.3) is 0 Å². The monoisotopic (exact) mass is 680 g/mol. The third-order valence-corrected chi connectivity index (χ3v) is 7.04. The van der Waals surface area contributed by atoms with Crippen LogP contribution in [-0.2, 0) is 9.59 Å². The van der Waals surface area contributed by atoms with Gasteiger partial charge >= 0.3 is 24.1 Å². The van der Waals surface area contributed by atoms with Crippen LogP contribution in [0.2, 0.25) is 0 Å². The molecule has 1 aliphatic rings. The Morgan fingerprint density at radius 3 is 2.50 bits per heavy atom. The third kappa shape index (κ3) is 11.9. The van der Waals surface area contributed by atoms with Crippen molar-refractivity contribution in [3.05, 3.63) is 30.1 Å². The Morgan fingerprint density at radius 2 is 1.83 bits per heavy atom. The smallest absolute Gasteiger partial charge is 0.490 e. The molecule has 0 radical (unpaired) electrons. The van der Waals surface area contributed by atoms with Crippen molar-refractivity contribution < 1.29 is 47.6 Å². The van der Waals surface area contributed by atoms with E-state index in [4.69, 9.17) is 19.7 Å². The molecule has 0 spiro atoms. The quantitative estimate of drug-likeness (QED) is 0.0856. The second-order valence-corrected chi connectivity index (χ2v) is 10.7. The largest absolute Gasteiger partial charge is 0.494 e. The Labute approximate surface area is 273 Å². The van der Waals surface area contributed by atoms with Crippen LogP contribution in [0.5, 0.6) is 11.6 Å². The van der Waals surface area contributed by atoms with Crippen molar-refractivity contribution in [2.24, 2.45) is 4.99 Å². The molecule has 18 heteroatoms. The Morgan fingerprint density at radius 1 is 1.10 bits per heavy atom. The van der Waals surface area contributed by atoms with Crippen molar-refractivity contribution in [1.82, 2.24) is 25.6 Å². The number of hydrogen-bond donors (Lipinski definition) is 8. The molecule has 4 rings (SSSR count). The summed E-state index contributed by atoms with van der Waals surface area (Å²) in [5.74, 6) is -2.81. The predicted octanol–water partition coefficient (Wildman–Crippen LogP) is 4.77. The van der Waals surface area contributed by atoms with E-state index in [1.54, 1.807) is 18.2 Å². The number of amides is 2. The lowest BCUT2D eigenvalue weighted by atomic mass is 9.96. The van der Waals surface area contributed by atoms with Gasteiger partial charge in [0.1, 0.15) is 23.5 Å². The van der Waals surface area contributed by atoms with Gasteiger partial charge in [-0.3, -0.25) is 9.79 Å². The van der Waals surface area contributed by atoms with Gasteiger partial charge in [0.2, 0.25) is 0 Å². The lowest BCUT2D eigenvalue weighted by Gasteiger charge is -2.23. The third-order valence-electron chi connectivity index (χ3n) is 7.04. The molecular weight excluding hydrogens is 641 g/mol. The molecule has 1 aliphatic carbocycles. The second-order valence-electron chi connectivity index (χ2n) is 10.7. The number of aliphatic imine (C=N–C) groups is 1. The maximum Gasteiger partial charge on any atom is 0.490 e. The molecule has 2 amide bonds. The molecular formula is C30H39F3N8O7. The summed E-state index contributed by atoms with van der Waals surface area (Å²) in [4.78, 5) is 48.5. The number of halogens is 3. The number of alkyl halides is 3. The molecule has 0 atom stereocenters. The van der Waals surface area contributed by atoms with Gasteiger partial charge < -0.3 is 46.3 Å². The van der Waals surface area contributed by atoms with Gasteiger partial charge in [-0.15, -0.1) is 0 Å². The zero-order chi connectivity index (χ0) is 35.1. The molecule has 48 heavy (non-hydrogen) atoms. The van der Waals surface area contributed by atoms with Crippen LogP contribution in [0.3, 0.4) is 0 Å². The molecule has 262 valence electrons. The molecule has 0 unspecified atom stereocenters. The number of rotatable bonds is 14. The molecule has 0 aliphatic heterocycles. The highest BCUT2D eigenvalue weighted by Crippen LogP contribution is 2.32. The first-order valence-electron chi connectivity index (χ1n) is 15.2. The number of benzene rings is 1. The van der Waals surface area contributed by atoms with E-state index in [2.05, 4.69) is 41.2 Å². The topological polar surface area (TPSA) is 223 Å². The number of fused-ring (bicyclic) bond motifs is 1. The van der Waals surface area contributed by atoms with Gasteiger partial charge in [-0.25, -0.2) is 19.6 Å². The number of carbonyl (C=O) groups is 3. The lowest BCUT2D eigenvalue weighted by molar-refractivity contribution is -0.192. The Hall–Kier alpha value is -5.13. The maximum absolute atomic E-state index is 12.7. The fraction of sp³-hybridized carbons (Fsp3) is 0.467. The molecule has 2 heterocycles. The highest BCUT2D eigenvalue weighted by Gasteiger charge is 2.38. The molecule has 0 bridgehead atoms. The van der Waals surface area contributed by atoms with E-state index in [9.17, 15) is 27.9 Å². The Kier molecular flexibility index (Phi) is 14.2. The molecule has 0 saturated heterocycles. The zero-order valence-corrected chi connectivity index (χ0v) is 26.2. The number of carbonyl (C=O) groups excluding carboxylic acids is 1. The molecule has 1 fully saturated rings. The van der Waals surface area contributed by atoms with Crippen LogP contribution in [-0.4, -0.2) is 93.4 Å². The second kappa shape index (κ2) is 18.3. The first-order valence-corrected chi connectivity index (χ1v) is 15.2. The van der Waals surface area contributed by atoms with Crippen LogP contribution in [0.25, 0.3) is 11.0 Å². The van der Waals surface area contributed by atoms with Gasteiger partial charge in [0.15, 0.2) is 5.88 Å². The van der Waals surface area contributed by atoms with Crippen molar-refractivity contribution in [3.63, 3.8) is 0 Å². The average molecular weight is 681 g/mol. The number of carboxylic acid groups (broad SMARTS) is 2. The number of aliphatic carboxylic acids is 2. The standard InChI is InChI=1S/C28H38N8O5.C2HF3O2/c1-29-12-6-13-30-25-24-20(27(39)36-26(24)33-17-32-25)16-31-19-10-11-21(22(15-19)41-14-5-9-23(37)38)35-28(40)34-18-7-3-2-4-8-18;3-2(4,5)1(6)7/h10-11,15-18,29,39H,2-9,12-14H2,1H3,(H,37,38)(H2,34,35,40)(H2,30,32,33,36);(H,6,7). The number of aromatic hydroxyl groups is 1. The van der Waals surface area contributed by atoms with E-state index >= 15 is 0 Å². The number of aromatic nitrogens is 3. The maximum atomic E-state index is 12.7. The number of ether oxygens (including phenoxy) is 1. The number of aromatic amines is 1. The summed E-state index contributed by atoms with van der Waals surface area (Å²) in [6.45, 7) is 1.68. The average Bonchev–Trinajstić information content (AvgIpc) is 3.36. The first-order chi connectivity index (χ1) is 22.9. The Balaban J connectivity index is 0.000000804. The summed E-state index contributed by atoms with van der Waals surface area (Å²) in [6, 6.07) is 4.89. The number of urea groups is 1. The van der Waals surface area contributed by atoms with Gasteiger partial charge in [0, 0.05) is 31.3 Å². The van der Waals surface area contributed by atoms with Gasteiger partial charge in [0.05, 0.1) is 28.9 Å². The lowest BCUT2D eigenvalue weighted by Crippen LogP contribution is -2.39. The number of carboxylic acids is 2. The fourth-order valence-corrected chi connectivity index (χ4v) is 4.71. The molecule has 15 nitrogen and oxygen atoms in total. The molecule has 1 aromatic carbocycles. The highest BCUT2D eigenvalue weighted by molar-refractivity contribution is 6.06. The number of anilines is 2. The normalized spacial score (nSPS) is 13.5. The van der Waals surface area contributed by atoms with E-state index in [0.717, 1.165) is 38.6 Å². The molecule has 2 aromatic heterocycles. The highest BCUT2D eigenvalue weighted by atomic mass is 19.4. The van der Waals surface area contributed by atoms with E-state index in [1.165, 1.54) is 19.0 Å². The molecule has 3 aromatic rings. The van der Waals surface area contributed by atoms with Gasteiger partial charge in [-0.2, -0.15) is 13.2 Å². The summed E-state index contributed by atoms with van der Waals surface area (Å²) in [5.41, 5.74) is 1.85. The summed E-state index contributed by atoms with van der Waals surface area (Å²) < 4.78 is 37.6. The number of H-pyrrole nitrogens is 1. The fourth-order valence-electron chi connectivity index (χ4n) is 4.71. The van der Waals surface area contributed by atoms with Crippen LogP contribution in [0.15, 0.2) is 29.5 Å². The first kappa shape index (κ1) is 37.3. The van der Waals surface area contributed by atoms with Crippen LogP contribution >= 0.6 is 0 Å². The van der Waals surface area contributed by atoms with E-state index in [-0.39, 0.29) is 31.0 Å². The van der Waals surface area contributed by atoms with E-state index in [1.807, 2.05) is 7.05 Å². The minimum absolute atomic E-state index is 0.0317. The summed E-state index contributed by atoms with van der Waals surface area (Å²) in [5, 5.41) is 39.5. The minimum atomic E-state index is -5.08. The zero-order valence-electron chi connectivity index (χ0n) is 26.2. The van der Waals surface area contributed by atoms with Crippen LogP contribution in [0.1, 0.15) is 56.9 Å². The van der Waals surface area contributed by atoms with Gasteiger partial charge in [-0.05, 0) is 51.4 Å². The predicted molar refractivity (Wildman–Crippen MR) is 171 cm³/mol. The van der Waals surface area contributed by atoms with Crippen molar-refractivity contribution in [1.29, 1.82) is 0 Å². The number of nitrogens with zero attached hydrogens (tertiary/aromatic N) is 3. The minimum Gasteiger partial charge on any atom is -0.494 e. The number of hydrogen-bond acceptors (Lipinski definition) is 10. The van der Waals surface area contributed by atoms with Crippen LogP contribution in [0.4, 0.5) is 35.2 Å². The SMILES string of the molecule is CNCCCNc1ncnc2[nH]c(O)c(C=Nc3ccc(NC(=O)NC4CCCCC4)c(OCCCC(=O)O)c3)c12.O=C(O)C(F)(F)F. The van der Waals surface area contributed by atoms with E-state index < -0.39 is 18.1 Å². The van der Waals surface area contributed by atoms with E-state index in [0.29, 0.717) is 52.5 Å². The summed E-state index contributed by atoms with van der Waals surface area (Å²) in [7, 11) is 1.89. The molecule has 8 N–H and O–H groups in total. The van der Waals surface area contributed by atoms with Crippen molar-refractivity contribution >= 4 is 52.4 Å². The van der Waals surface area contributed by atoms with Crippen molar-refractivity contribution in [2.75, 3.05) is 37.4 Å². The summed E-state index contributed by atoms with van der Waals surface area (Å²) >= 11 is 0. The molecule has 1 saturated carbocycles. The number of nitrogens with one attached hydrogen (secondary N) is 5. The van der Waals surface area contributed by atoms with Crippen molar-refractivity contribution in [2.45, 2.75) is 63.6 Å². The van der Waals surface area contributed by atoms with Crippen molar-refractivity contribution in [3.8, 4) is 11.6 Å². The van der Waals surface area contributed by atoms with Crippen LogP contribution < -0.4 is 26.0 Å².